The first kappa shape index (κ1) is 20.7. The summed E-state index contributed by atoms with van der Waals surface area (Å²) in [5, 5.41) is 1.22. The summed E-state index contributed by atoms with van der Waals surface area (Å²) in [5.41, 5.74) is 7.83. The van der Waals surface area contributed by atoms with E-state index in [0.29, 0.717) is 35.9 Å². The Hall–Kier alpha value is -2.56. The van der Waals surface area contributed by atoms with Gasteiger partial charge < -0.3 is 0 Å². The van der Waals surface area contributed by atoms with Gasteiger partial charge in [-0.15, -0.1) is 0 Å². The second kappa shape index (κ2) is 8.66. The summed E-state index contributed by atoms with van der Waals surface area (Å²) in [4.78, 5) is 26.0. The largest absolute Gasteiger partial charge is 0.299 e. The number of pyridine rings is 2. The SMILES string of the molecule is Cc1cc(C2=NCc3cc(CC(=O)CCc4c(C)cc(Cl)cc4Cl)ncc32)ccn1. The predicted molar refractivity (Wildman–Crippen MR) is 121 cm³/mol. The third-order valence-corrected chi connectivity index (χ3v) is 5.85. The number of hydrogen-bond acceptors (Lipinski definition) is 4. The molecule has 30 heavy (non-hydrogen) atoms. The molecule has 0 saturated carbocycles. The van der Waals surface area contributed by atoms with Gasteiger partial charge in [-0.3, -0.25) is 19.8 Å². The highest BCUT2D eigenvalue weighted by Gasteiger charge is 2.19. The second-order valence-electron chi connectivity index (χ2n) is 7.58. The summed E-state index contributed by atoms with van der Waals surface area (Å²) >= 11 is 12.3. The number of aromatic nitrogens is 2. The van der Waals surface area contributed by atoms with Crippen LogP contribution in [0, 0.1) is 13.8 Å². The molecule has 1 aliphatic rings. The first-order valence-electron chi connectivity index (χ1n) is 9.82. The van der Waals surface area contributed by atoms with Gasteiger partial charge in [-0.25, -0.2) is 0 Å². The number of aryl methyl sites for hydroxylation is 2. The number of hydrogen-bond donors (Lipinski definition) is 0. The number of aliphatic imine (C=N–C) groups is 1. The normalized spacial score (nSPS) is 12.6. The lowest BCUT2D eigenvalue weighted by Crippen LogP contribution is -2.08. The third kappa shape index (κ3) is 4.45. The number of ketones is 1. The molecule has 1 aliphatic heterocycles. The molecule has 4 nitrogen and oxygen atoms in total. The first-order valence-corrected chi connectivity index (χ1v) is 10.6. The fraction of sp³-hybridized carbons (Fsp3) is 0.250. The zero-order valence-corrected chi connectivity index (χ0v) is 18.4. The van der Waals surface area contributed by atoms with Crippen LogP contribution in [0.3, 0.4) is 0 Å². The van der Waals surface area contributed by atoms with Crippen LogP contribution < -0.4 is 0 Å². The lowest BCUT2D eigenvalue weighted by Gasteiger charge is -2.09. The van der Waals surface area contributed by atoms with Crippen molar-refractivity contribution in [2.75, 3.05) is 0 Å². The van der Waals surface area contributed by atoms with Gasteiger partial charge in [0.25, 0.3) is 0 Å². The van der Waals surface area contributed by atoms with Gasteiger partial charge in [0.05, 0.1) is 12.3 Å². The molecule has 4 rings (SSSR count). The van der Waals surface area contributed by atoms with Crippen molar-refractivity contribution in [3.8, 4) is 0 Å². The van der Waals surface area contributed by atoms with Crippen LogP contribution in [-0.2, 0) is 24.2 Å². The molecule has 0 radical (unpaired) electrons. The minimum atomic E-state index is 0.136. The molecule has 0 bridgehead atoms. The van der Waals surface area contributed by atoms with Gasteiger partial charge in [-0.1, -0.05) is 23.2 Å². The number of carbonyl (C=O) groups excluding carboxylic acids is 1. The number of carbonyl (C=O) groups is 1. The Morgan fingerprint density at radius 1 is 1.10 bits per heavy atom. The van der Waals surface area contributed by atoms with Crippen molar-refractivity contribution in [2.24, 2.45) is 4.99 Å². The molecule has 0 spiro atoms. The maximum absolute atomic E-state index is 12.6. The highest BCUT2D eigenvalue weighted by molar-refractivity contribution is 6.35. The molecule has 3 heterocycles. The molecule has 0 amide bonds. The molecule has 2 aromatic heterocycles. The van der Waals surface area contributed by atoms with Crippen LogP contribution in [-0.4, -0.2) is 21.5 Å². The minimum Gasteiger partial charge on any atom is -0.299 e. The highest BCUT2D eigenvalue weighted by atomic mass is 35.5. The predicted octanol–water partition coefficient (Wildman–Crippen LogP) is 5.50. The maximum Gasteiger partial charge on any atom is 0.139 e. The lowest BCUT2D eigenvalue weighted by molar-refractivity contribution is -0.118. The average Bonchev–Trinajstić information content (AvgIpc) is 3.10. The first-order chi connectivity index (χ1) is 14.4. The monoisotopic (exact) mass is 437 g/mol. The Morgan fingerprint density at radius 3 is 2.70 bits per heavy atom. The van der Waals surface area contributed by atoms with Crippen molar-refractivity contribution in [2.45, 2.75) is 39.7 Å². The van der Waals surface area contributed by atoms with Crippen LogP contribution in [0.15, 0.2) is 47.7 Å². The quantitative estimate of drug-likeness (QED) is 0.511. The van der Waals surface area contributed by atoms with Crippen molar-refractivity contribution in [3.05, 3.63) is 92.0 Å². The van der Waals surface area contributed by atoms with Crippen molar-refractivity contribution >= 4 is 34.7 Å². The molecule has 1 aromatic carbocycles. The van der Waals surface area contributed by atoms with E-state index in [0.717, 1.165) is 44.9 Å². The van der Waals surface area contributed by atoms with Crippen LogP contribution in [0.1, 0.15) is 45.6 Å². The van der Waals surface area contributed by atoms with E-state index in [1.165, 1.54) is 0 Å². The van der Waals surface area contributed by atoms with Gasteiger partial charge >= 0.3 is 0 Å². The van der Waals surface area contributed by atoms with E-state index in [-0.39, 0.29) is 5.78 Å². The lowest BCUT2D eigenvalue weighted by atomic mass is 9.99. The van der Waals surface area contributed by atoms with Crippen LogP contribution in [0.2, 0.25) is 10.0 Å². The van der Waals surface area contributed by atoms with Gasteiger partial charge in [0.2, 0.25) is 0 Å². The van der Waals surface area contributed by atoms with E-state index >= 15 is 0 Å². The number of rotatable bonds is 6. The molecule has 0 N–H and O–H groups in total. The standard InChI is InChI=1S/C24H21Cl2N3O/c1-14-7-18(25)10-23(26)21(14)4-3-20(30)11-19-9-17-12-29-24(22(17)13-28-19)16-5-6-27-15(2)8-16/h5-10,13H,3-4,11-12H2,1-2H3. The molecule has 6 heteroatoms. The topological polar surface area (TPSA) is 55.2 Å². The van der Waals surface area contributed by atoms with Gasteiger partial charge in [0, 0.05) is 57.8 Å². The summed E-state index contributed by atoms with van der Waals surface area (Å²) in [7, 11) is 0. The van der Waals surface area contributed by atoms with Gasteiger partial charge in [-0.2, -0.15) is 0 Å². The van der Waals surface area contributed by atoms with Gasteiger partial charge in [0.1, 0.15) is 5.78 Å². The fourth-order valence-electron chi connectivity index (χ4n) is 3.78. The molecular formula is C24H21Cl2N3O. The molecule has 0 fully saturated rings. The van der Waals surface area contributed by atoms with Crippen LogP contribution in [0.4, 0.5) is 0 Å². The van der Waals surface area contributed by atoms with Crippen LogP contribution >= 0.6 is 23.2 Å². The fourth-order valence-corrected chi connectivity index (χ4v) is 4.47. The zero-order chi connectivity index (χ0) is 21.3. The van der Waals surface area contributed by atoms with Crippen LogP contribution in [0.25, 0.3) is 0 Å². The van der Waals surface area contributed by atoms with Gasteiger partial charge in [0.15, 0.2) is 0 Å². The average molecular weight is 438 g/mol. The minimum absolute atomic E-state index is 0.136. The summed E-state index contributed by atoms with van der Waals surface area (Å²) in [6.07, 6.45) is 4.94. The molecular weight excluding hydrogens is 417 g/mol. The number of halogens is 2. The van der Waals surface area contributed by atoms with E-state index in [1.807, 2.05) is 44.3 Å². The molecule has 152 valence electrons. The van der Waals surface area contributed by atoms with E-state index in [9.17, 15) is 4.79 Å². The molecule has 0 atom stereocenters. The Labute approximate surface area is 186 Å². The Kier molecular flexibility index (Phi) is 5.98. The summed E-state index contributed by atoms with van der Waals surface area (Å²) < 4.78 is 0. The molecule has 0 aliphatic carbocycles. The van der Waals surface area contributed by atoms with Crippen molar-refractivity contribution in [3.63, 3.8) is 0 Å². The smallest absolute Gasteiger partial charge is 0.139 e. The third-order valence-electron chi connectivity index (χ3n) is 5.29. The maximum atomic E-state index is 12.6. The van der Waals surface area contributed by atoms with E-state index in [1.54, 1.807) is 12.3 Å². The van der Waals surface area contributed by atoms with Crippen molar-refractivity contribution in [1.82, 2.24) is 9.97 Å². The second-order valence-corrected chi connectivity index (χ2v) is 8.43. The Morgan fingerprint density at radius 2 is 1.93 bits per heavy atom. The molecule has 0 saturated heterocycles. The van der Waals surface area contributed by atoms with Gasteiger partial charge in [-0.05, 0) is 67.3 Å². The Bertz CT molecular complexity index is 1150. The van der Waals surface area contributed by atoms with Crippen molar-refractivity contribution < 1.29 is 4.79 Å². The number of benzene rings is 1. The number of fused-ring (bicyclic) bond motifs is 1. The summed E-state index contributed by atoms with van der Waals surface area (Å²) in [5.74, 6) is 0.136. The molecule has 0 unspecified atom stereocenters. The van der Waals surface area contributed by atoms with Crippen LogP contribution in [0.5, 0.6) is 0 Å². The summed E-state index contributed by atoms with van der Waals surface area (Å²) in [6, 6.07) is 9.58. The van der Waals surface area contributed by atoms with E-state index in [4.69, 9.17) is 23.2 Å². The number of Topliss-reactive ketones (excluding diaryl/α,β-unsaturated/α-hetero) is 1. The number of nitrogens with zero attached hydrogens (tertiary/aromatic N) is 3. The summed E-state index contributed by atoms with van der Waals surface area (Å²) in [6.45, 7) is 4.53. The van der Waals surface area contributed by atoms with E-state index < -0.39 is 0 Å². The Balaban J connectivity index is 1.43. The van der Waals surface area contributed by atoms with E-state index in [2.05, 4.69) is 15.0 Å². The zero-order valence-electron chi connectivity index (χ0n) is 16.9. The van der Waals surface area contributed by atoms with Crippen molar-refractivity contribution in [1.29, 1.82) is 0 Å². The molecule has 3 aromatic rings. The highest BCUT2D eigenvalue weighted by Crippen LogP contribution is 2.27.